The summed E-state index contributed by atoms with van der Waals surface area (Å²) in [6.45, 7) is 6.57. The predicted molar refractivity (Wildman–Crippen MR) is 264 cm³/mol. The maximum atomic E-state index is 13.7. The Bertz CT molecular complexity index is 2650. The molecule has 2 amide bonds. The number of likely N-dealkylation sites (tertiary alicyclic amines) is 2. The van der Waals surface area contributed by atoms with Crippen molar-refractivity contribution in [2.45, 2.75) is 89.5 Å². The smallest absolute Gasteiger partial charge is 0.250 e. The summed E-state index contributed by atoms with van der Waals surface area (Å²) in [5.41, 5.74) is 8.78. The first-order valence-corrected chi connectivity index (χ1v) is 24.2. The van der Waals surface area contributed by atoms with E-state index in [4.69, 9.17) is 18.9 Å². The second kappa shape index (κ2) is 21.8. The van der Waals surface area contributed by atoms with Gasteiger partial charge in [0.05, 0.1) is 73.9 Å². The monoisotopic (exact) mass is 950 g/mol. The zero-order valence-corrected chi connectivity index (χ0v) is 40.2. The zero-order valence-electron chi connectivity index (χ0n) is 40.2. The molecule has 70 heavy (non-hydrogen) atoms. The number of methoxy groups -OCH3 is 2. The van der Waals surface area contributed by atoms with Gasteiger partial charge < -0.3 is 37.9 Å². The number of nitrogens with zero attached hydrogens (tertiary/aromatic N) is 6. The van der Waals surface area contributed by atoms with E-state index in [1.54, 1.807) is 51.1 Å². The average Bonchev–Trinajstić information content (AvgIpc) is 4.24. The minimum Gasteiger partial charge on any atom is -0.495 e. The summed E-state index contributed by atoms with van der Waals surface area (Å²) in [6.07, 6.45) is 18.0. The summed E-state index contributed by atoms with van der Waals surface area (Å²) in [6, 6.07) is 24.3. The first-order chi connectivity index (χ1) is 34.1. The molecule has 364 valence electrons. The van der Waals surface area contributed by atoms with Crippen LogP contribution in [0.5, 0.6) is 11.5 Å². The lowest BCUT2D eigenvalue weighted by Gasteiger charge is -2.38. The van der Waals surface area contributed by atoms with Crippen LogP contribution in [0.1, 0.15) is 97.1 Å². The predicted octanol–water partition coefficient (Wildman–Crippen LogP) is 10.5. The van der Waals surface area contributed by atoms with Gasteiger partial charge in [-0.2, -0.15) is 0 Å². The molecule has 6 aromatic rings. The molecule has 12 nitrogen and oxygen atoms in total. The lowest BCUT2D eigenvalue weighted by molar-refractivity contribution is -0.135. The van der Waals surface area contributed by atoms with E-state index in [9.17, 15) is 18.4 Å². The van der Waals surface area contributed by atoms with Crippen molar-refractivity contribution in [3.05, 3.63) is 166 Å². The van der Waals surface area contributed by atoms with Crippen molar-refractivity contribution in [1.82, 2.24) is 28.9 Å². The SMILES string of the molecule is COc1cc(/C=C2\CCCN([C@@H](c3ccc(F)cc3)[C@H]3CCCO3)C2=O)ccc1-n1cnc(C)c1.COc1cc(/C=C2\CCCN([C@H](c3ccc(F)cc3)[C@@H]3CCCO3)C2=O)ccc1-n1cnc(C)c1. The molecule has 0 saturated carbocycles. The highest BCUT2D eigenvalue weighted by atomic mass is 19.1. The van der Waals surface area contributed by atoms with Gasteiger partial charge in [-0.1, -0.05) is 36.4 Å². The van der Waals surface area contributed by atoms with E-state index >= 15 is 0 Å². The number of aryl methyl sites for hydroxylation is 2. The number of rotatable bonds is 12. The minimum absolute atomic E-state index is 0.00866. The summed E-state index contributed by atoms with van der Waals surface area (Å²) in [7, 11) is 3.28. The highest BCUT2D eigenvalue weighted by Gasteiger charge is 2.39. The van der Waals surface area contributed by atoms with Gasteiger partial charge in [0, 0.05) is 49.8 Å². The van der Waals surface area contributed by atoms with E-state index in [2.05, 4.69) is 9.97 Å². The molecule has 4 aliphatic rings. The standard InChI is InChI=1S/2C28H30FN3O3/c2*1-19-17-31(18-30-19)24-12-7-20(16-26(24)34-2)15-22-5-3-13-32(28(22)33)27(25-6-4-14-35-25)21-8-10-23(29)11-9-21/h2*7-12,15-18,25,27H,3-6,13-14H2,1-2H3/b2*22-15+/t2*25-,27+/m10/s1. The van der Waals surface area contributed by atoms with Gasteiger partial charge in [-0.15, -0.1) is 0 Å². The Morgan fingerprint density at radius 3 is 1.36 bits per heavy atom. The number of carbonyl (C=O) groups excluding carboxylic acids is 2. The summed E-state index contributed by atoms with van der Waals surface area (Å²) >= 11 is 0. The molecule has 0 bridgehead atoms. The third-order valence-electron chi connectivity index (χ3n) is 13.6. The van der Waals surface area contributed by atoms with Crippen molar-refractivity contribution >= 4 is 24.0 Å². The molecule has 4 atom stereocenters. The Balaban J connectivity index is 0.000000174. The van der Waals surface area contributed by atoms with Crippen molar-refractivity contribution in [3.63, 3.8) is 0 Å². The maximum Gasteiger partial charge on any atom is 0.250 e. The second-order valence-electron chi connectivity index (χ2n) is 18.3. The fourth-order valence-corrected chi connectivity index (χ4v) is 10.2. The van der Waals surface area contributed by atoms with Gasteiger partial charge in [0.1, 0.15) is 23.1 Å². The number of imidazole rings is 2. The molecule has 10 rings (SSSR count). The normalized spacial score (nSPS) is 20.4. The lowest BCUT2D eigenvalue weighted by atomic mass is 9.93. The number of benzene rings is 4. The first-order valence-electron chi connectivity index (χ1n) is 24.2. The molecule has 2 aromatic heterocycles. The molecule has 0 N–H and O–H groups in total. The van der Waals surface area contributed by atoms with Crippen molar-refractivity contribution in [1.29, 1.82) is 0 Å². The third-order valence-corrected chi connectivity index (χ3v) is 13.6. The van der Waals surface area contributed by atoms with Crippen LogP contribution in [0.4, 0.5) is 8.78 Å². The Morgan fingerprint density at radius 2 is 1.01 bits per heavy atom. The molecule has 0 spiro atoms. The topological polar surface area (TPSA) is 113 Å². The number of halogens is 2. The van der Waals surface area contributed by atoms with Gasteiger partial charge in [0.2, 0.25) is 11.8 Å². The molecule has 0 unspecified atom stereocenters. The van der Waals surface area contributed by atoms with E-state index < -0.39 is 0 Å². The highest BCUT2D eigenvalue weighted by Crippen LogP contribution is 2.39. The minimum atomic E-state index is -0.284. The Labute approximate surface area is 408 Å². The van der Waals surface area contributed by atoms with Crippen LogP contribution >= 0.6 is 0 Å². The number of carbonyl (C=O) groups is 2. The van der Waals surface area contributed by atoms with Crippen LogP contribution in [0.3, 0.4) is 0 Å². The van der Waals surface area contributed by atoms with Crippen molar-refractivity contribution < 1.29 is 37.3 Å². The van der Waals surface area contributed by atoms with Crippen molar-refractivity contribution in [2.75, 3.05) is 40.5 Å². The quantitative estimate of drug-likeness (QED) is 0.112. The van der Waals surface area contributed by atoms with Crippen LogP contribution in [-0.4, -0.2) is 93.4 Å². The molecular weight excluding hydrogens is 891 g/mol. The van der Waals surface area contributed by atoms with E-state index in [1.807, 2.05) is 93.7 Å². The van der Waals surface area contributed by atoms with Crippen molar-refractivity contribution in [2.24, 2.45) is 0 Å². The highest BCUT2D eigenvalue weighted by molar-refractivity contribution is 5.99. The third kappa shape index (κ3) is 10.8. The summed E-state index contributed by atoms with van der Waals surface area (Å²) < 4.78 is 54.4. The molecule has 4 saturated heterocycles. The van der Waals surface area contributed by atoms with Crippen LogP contribution < -0.4 is 9.47 Å². The largest absolute Gasteiger partial charge is 0.495 e. The fourth-order valence-electron chi connectivity index (χ4n) is 10.2. The number of ether oxygens (including phenoxy) is 4. The van der Waals surface area contributed by atoms with Crippen LogP contribution in [-0.2, 0) is 19.1 Å². The molecule has 4 aromatic carbocycles. The van der Waals surface area contributed by atoms with E-state index in [-0.39, 0.29) is 47.7 Å². The Kier molecular flexibility index (Phi) is 15.0. The number of aromatic nitrogens is 4. The Hall–Kier alpha value is -6.90. The van der Waals surface area contributed by atoms with Crippen LogP contribution in [0.15, 0.2) is 121 Å². The van der Waals surface area contributed by atoms with Gasteiger partial charge in [-0.05, 0) is 148 Å². The van der Waals surface area contributed by atoms with E-state index in [1.165, 1.54) is 24.3 Å². The summed E-state index contributed by atoms with van der Waals surface area (Å²) in [5.74, 6) is 0.867. The van der Waals surface area contributed by atoms with Gasteiger partial charge in [-0.25, -0.2) is 18.7 Å². The number of piperidine rings is 2. The van der Waals surface area contributed by atoms with Gasteiger partial charge in [0.25, 0.3) is 0 Å². The van der Waals surface area contributed by atoms with Crippen LogP contribution in [0.25, 0.3) is 23.5 Å². The molecule has 4 fully saturated rings. The Morgan fingerprint density at radius 1 is 0.600 bits per heavy atom. The van der Waals surface area contributed by atoms with Gasteiger partial charge in [0.15, 0.2) is 0 Å². The molecular formula is C56H60F2N6O6. The van der Waals surface area contributed by atoms with Gasteiger partial charge >= 0.3 is 0 Å². The van der Waals surface area contributed by atoms with E-state index in [0.29, 0.717) is 50.6 Å². The van der Waals surface area contributed by atoms with Gasteiger partial charge in [-0.3, -0.25) is 9.59 Å². The maximum absolute atomic E-state index is 13.7. The second-order valence-corrected chi connectivity index (χ2v) is 18.3. The molecule has 0 radical (unpaired) electrons. The molecule has 0 aliphatic carbocycles. The number of hydrogen-bond acceptors (Lipinski definition) is 8. The zero-order chi connectivity index (χ0) is 48.7. The molecule has 4 aliphatic heterocycles. The van der Waals surface area contributed by atoms with Crippen LogP contribution in [0.2, 0.25) is 0 Å². The van der Waals surface area contributed by atoms with Crippen molar-refractivity contribution in [3.8, 4) is 22.9 Å². The number of amides is 2. The summed E-state index contributed by atoms with van der Waals surface area (Å²) in [4.78, 5) is 39.8. The van der Waals surface area contributed by atoms with E-state index in [0.717, 1.165) is 94.7 Å². The lowest BCUT2D eigenvalue weighted by Crippen LogP contribution is -2.44. The average molecular weight is 951 g/mol. The fraction of sp³-hybridized carbons (Fsp3) is 0.357. The molecule has 14 heteroatoms. The molecule has 6 heterocycles. The first kappa shape index (κ1) is 48.1. The number of hydrogen-bond donors (Lipinski definition) is 0. The summed E-state index contributed by atoms with van der Waals surface area (Å²) in [5, 5.41) is 0. The van der Waals surface area contributed by atoms with Crippen LogP contribution in [0, 0.1) is 25.5 Å².